The van der Waals surface area contributed by atoms with Gasteiger partial charge in [0.1, 0.15) is 5.75 Å². The molecule has 1 aromatic heterocycles. The van der Waals surface area contributed by atoms with Crippen LogP contribution in [-0.4, -0.2) is 39.8 Å². The van der Waals surface area contributed by atoms with E-state index in [9.17, 15) is 4.79 Å². The second kappa shape index (κ2) is 7.43. The maximum Gasteiger partial charge on any atom is 0.341 e. The Bertz CT molecular complexity index is 689. The van der Waals surface area contributed by atoms with E-state index in [-0.39, 0.29) is 6.04 Å². The van der Waals surface area contributed by atoms with Crippen LogP contribution in [0.5, 0.6) is 5.75 Å². The van der Waals surface area contributed by atoms with E-state index in [2.05, 4.69) is 10.1 Å². The average Bonchev–Trinajstić information content (AvgIpc) is 2.92. The summed E-state index contributed by atoms with van der Waals surface area (Å²) in [5, 5.41) is 13.1. The molecule has 0 saturated carbocycles. The first-order valence-corrected chi connectivity index (χ1v) is 7.38. The van der Waals surface area contributed by atoms with Crippen molar-refractivity contribution < 1.29 is 19.2 Å². The second-order valence-corrected chi connectivity index (χ2v) is 5.64. The number of carboxylic acid groups (broad SMARTS) is 1. The van der Waals surface area contributed by atoms with Gasteiger partial charge >= 0.3 is 5.97 Å². The van der Waals surface area contributed by atoms with E-state index < -0.39 is 12.6 Å². The summed E-state index contributed by atoms with van der Waals surface area (Å²) in [6, 6.07) is 4.96. The Hall–Kier alpha value is -2.12. The molecule has 1 atom stereocenters. The summed E-state index contributed by atoms with van der Waals surface area (Å²) in [7, 11) is 1.89. The van der Waals surface area contributed by atoms with Crippen LogP contribution in [0.1, 0.15) is 30.2 Å². The molecule has 7 nitrogen and oxygen atoms in total. The summed E-state index contributed by atoms with van der Waals surface area (Å²) in [6.07, 6.45) is 0. The molecule has 0 saturated heterocycles. The molecule has 124 valence electrons. The Morgan fingerprint density at radius 1 is 1.52 bits per heavy atom. The van der Waals surface area contributed by atoms with Gasteiger partial charge in [-0.15, -0.1) is 0 Å². The minimum atomic E-state index is -1.03. The third kappa shape index (κ3) is 4.67. The van der Waals surface area contributed by atoms with Crippen LogP contribution >= 0.6 is 11.6 Å². The molecular weight excluding hydrogens is 322 g/mol. The van der Waals surface area contributed by atoms with E-state index in [4.69, 9.17) is 26.0 Å². The number of carbonyl (C=O) groups is 1. The van der Waals surface area contributed by atoms with Crippen molar-refractivity contribution in [1.82, 2.24) is 15.0 Å². The van der Waals surface area contributed by atoms with E-state index in [0.717, 1.165) is 5.56 Å². The zero-order valence-corrected chi connectivity index (χ0v) is 13.9. The molecule has 0 fully saturated rings. The van der Waals surface area contributed by atoms with Gasteiger partial charge in [0.2, 0.25) is 5.89 Å². The van der Waals surface area contributed by atoms with Crippen LogP contribution in [0.25, 0.3) is 0 Å². The lowest BCUT2D eigenvalue weighted by Crippen LogP contribution is -2.23. The topological polar surface area (TPSA) is 88.7 Å². The summed E-state index contributed by atoms with van der Waals surface area (Å²) < 4.78 is 10.5. The quantitative estimate of drug-likeness (QED) is 0.829. The fraction of sp³-hybridized carbons (Fsp3) is 0.400. The van der Waals surface area contributed by atoms with Crippen LogP contribution in [0.4, 0.5) is 0 Å². The highest BCUT2D eigenvalue weighted by molar-refractivity contribution is 6.30. The molecule has 8 heteroatoms. The Morgan fingerprint density at radius 3 is 2.87 bits per heavy atom. The SMILES string of the molecule is Cc1noc([C@@H](C)N(C)Cc2cc(Cl)ccc2OCC(=O)O)n1. The predicted octanol–water partition coefficient (Wildman–Crippen LogP) is 2.69. The van der Waals surface area contributed by atoms with Crippen molar-refractivity contribution in [2.24, 2.45) is 0 Å². The van der Waals surface area contributed by atoms with Crippen molar-refractivity contribution in [3.8, 4) is 5.75 Å². The van der Waals surface area contributed by atoms with Crippen LogP contribution in [0.15, 0.2) is 22.7 Å². The van der Waals surface area contributed by atoms with Crippen LogP contribution in [-0.2, 0) is 11.3 Å². The molecule has 0 spiro atoms. The number of hydrogen-bond donors (Lipinski definition) is 1. The summed E-state index contributed by atoms with van der Waals surface area (Å²) in [5.74, 6) is 0.542. The molecule has 1 aromatic carbocycles. The van der Waals surface area contributed by atoms with Crippen LogP contribution < -0.4 is 4.74 Å². The second-order valence-electron chi connectivity index (χ2n) is 5.21. The summed E-state index contributed by atoms with van der Waals surface area (Å²) in [4.78, 5) is 16.9. The lowest BCUT2D eigenvalue weighted by Gasteiger charge is -2.23. The molecule has 1 heterocycles. The Morgan fingerprint density at radius 2 is 2.26 bits per heavy atom. The number of benzene rings is 1. The molecular formula is C15H18ClN3O4. The standard InChI is InChI=1S/C15H18ClN3O4/c1-9(15-17-10(2)18-23-15)19(3)7-11-6-12(16)4-5-13(11)22-8-14(20)21/h4-6,9H,7-8H2,1-3H3,(H,20,21)/t9-/m1/s1. The highest BCUT2D eigenvalue weighted by Gasteiger charge is 2.19. The molecule has 0 unspecified atom stereocenters. The average molecular weight is 340 g/mol. The van der Waals surface area contributed by atoms with Crippen molar-refractivity contribution in [2.45, 2.75) is 26.4 Å². The maximum atomic E-state index is 10.7. The predicted molar refractivity (Wildman–Crippen MR) is 83.5 cm³/mol. The monoisotopic (exact) mass is 339 g/mol. The molecule has 2 aromatic rings. The lowest BCUT2D eigenvalue weighted by molar-refractivity contribution is -0.139. The minimum absolute atomic E-state index is 0.109. The van der Waals surface area contributed by atoms with Crippen LogP contribution in [0.3, 0.4) is 0 Å². The van der Waals surface area contributed by atoms with Gasteiger partial charge in [-0.05, 0) is 39.1 Å². The van der Waals surface area contributed by atoms with Gasteiger partial charge in [-0.2, -0.15) is 4.98 Å². The van der Waals surface area contributed by atoms with E-state index in [1.807, 2.05) is 18.9 Å². The highest BCUT2D eigenvalue weighted by Crippen LogP contribution is 2.27. The first-order chi connectivity index (χ1) is 10.9. The Labute approximate surface area is 138 Å². The minimum Gasteiger partial charge on any atom is -0.482 e. The summed E-state index contributed by atoms with van der Waals surface area (Å²) in [6.45, 7) is 3.78. The first-order valence-electron chi connectivity index (χ1n) is 7.00. The zero-order valence-electron chi connectivity index (χ0n) is 13.1. The number of aliphatic carboxylic acids is 1. The molecule has 0 amide bonds. The van der Waals surface area contributed by atoms with Crippen LogP contribution in [0.2, 0.25) is 5.02 Å². The molecule has 0 aliphatic heterocycles. The molecule has 0 radical (unpaired) electrons. The highest BCUT2D eigenvalue weighted by atomic mass is 35.5. The molecule has 0 aliphatic carbocycles. The number of aromatic nitrogens is 2. The Kier molecular flexibility index (Phi) is 5.57. The van der Waals surface area contributed by atoms with Crippen molar-refractivity contribution in [1.29, 1.82) is 0 Å². The summed E-state index contributed by atoms with van der Waals surface area (Å²) in [5.41, 5.74) is 0.782. The largest absolute Gasteiger partial charge is 0.482 e. The maximum absolute atomic E-state index is 10.7. The van der Waals surface area contributed by atoms with Crippen LogP contribution in [0, 0.1) is 6.92 Å². The first kappa shape index (κ1) is 17.2. The third-order valence-corrected chi connectivity index (χ3v) is 3.59. The fourth-order valence-electron chi connectivity index (χ4n) is 2.03. The van der Waals surface area contributed by atoms with Gasteiger partial charge in [0, 0.05) is 17.1 Å². The van der Waals surface area contributed by atoms with Crippen molar-refractivity contribution in [3.63, 3.8) is 0 Å². The van der Waals surface area contributed by atoms with E-state index in [1.54, 1.807) is 25.1 Å². The normalized spacial score (nSPS) is 12.4. The van der Waals surface area contributed by atoms with Gasteiger partial charge in [-0.3, -0.25) is 4.90 Å². The summed E-state index contributed by atoms with van der Waals surface area (Å²) >= 11 is 6.03. The van der Waals surface area contributed by atoms with Gasteiger partial charge in [0.05, 0.1) is 6.04 Å². The molecule has 2 rings (SSSR count). The smallest absolute Gasteiger partial charge is 0.341 e. The molecule has 1 N–H and O–H groups in total. The fourth-order valence-corrected chi connectivity index (χ4v) is 2.22. The molecule has 23 heavy (non-hydrogen) atoms. The van der Waals surface area contributed by atoms with E-state index >= 15 is 0 Å². The number of ether oxygens (including phenoxy) is 1. The zero-order chi connectivity index (χ0) is 17.0. The lowest BCUT2D eigenvalue weighted by atomic mass is 10.1. The van der Waals surface area contributed by atoms with Gasteiger partial charge in [0.15, 0.2) is 12.4 Å². The van der Waals surface area contributed by atoms with E-state index in [0.29, 0.717) is 29.0 Å². The third-order valence-electron chi connectivity index (χ3n) is 3.36. The molecule has 0 bridgehead atoms. The molecule has 0 aliphatic rings. The number of halogens is 1. The van der Waals surface area contributed by atoms with Crippen molar-refractivity contribution in [3.05, 3.63) is 40.5 Å². The van der Waals surface area contributed by atoms with Crippen molar-refractivity contribution in [2.75, 3.05) is 13.7 Å². The van der Waals surface area contributed by atoms with Gasteiger partial charge in [-0.25, -0.2) is 4.79 Å². The van der Waals surface area contributed by atoms with Gasteiger partial charge in [0.25, 0.3) is 0 Å². The number of nitrogens with zero attached hydrogens (tertiary/aromatic N) is 3. The number of rotatable bonds is 7. The number of carboxylic acids is 1. The number of aryl methyl sites for hydroxylation is 1. The van der Waals surface area contributed by atoms with Gasteiger partial charge < -0.3 is 14.4 Å². The van der Waals surface area contributed by atoms with Crippen molar-refractivity contribution >= 4 is 17.6 Å². The Balaban J connectivity index is 2.14. The number of hydrogen-bond acceptors (Lipinski definition) is 6. The van der Waals surface area contributed by atoms with E-state index in [1.165, 1.54) is 0 Å². The van der Waals surface area contributed by atoms with Gasteiger partial charge in [-0.1, -0.05) is 16.8 Å².